The smallest absolute Gasteiger partial charge is 0.335 e. The number of urea groups is 1. The molecule has 10 heteroatoms. The molecule has 0 spiro atoms. The number of imide groups is 2. The molecule has 9 nitrogen and oxygen atoms in total. The Bertz CT molecular complexity index is 1300. The van der Waals surface area contributed by atoms with Gasteiger partial charge in [-0.25, -0.2) is 9.69 Å². The molecule has 0 unspecified atom stereocenters. The van der Waals surface area contributed by atoms with E-state index in [1.54, 1.807) is 36.4 Å². The molecule has 0 atom stereocenters. The van der Waals surface area contributed by atoms with Crippen molar-refractivity contribution < 1.29 is 24.0 Å². The summed E-state index contributed by atoms with van der Waals surface area (Å²) < 4.78 is 5.72. The van der Waals surface area contributed by atoms with E-state index in [9.17, 15) is 24.5 Å². The number of nitro groups is 1. The highest BCUT2D eigenvalue weighted by Gasteiger charge is 2.36. The van der Waals surface area contributed by atoms with E-state index in [1.807, 2.05) is 12.1 Å². The molecule has 0 saturated carbocycles. The number of nitro benzene ring substituents is 1. The summed E-state index contributed by atoms with van der Waals surface area (Å²) in [4.78, 5) is 48.5. The van der Waals surface area contributed by atoms with Crippen LogP contribution >= 0.6 is 11.6 Å². The molecule has 0 radical (unpaired) electrons. The molecule has 4 rings (SSSR count). The zero-order valence-electron chi connectivity index (χ0n) is 17.4. The molecule has 1 aliphatic rings. The molecule has 34 heavy (non-hydrogen) atoms. The van der Waals surface area contributed by atoms with E-state index in [-0.39, 0.29) is 16.9 Å². The van der Waals surface area contributed by atoms with Gasteiger partial charge in [0.2, 0.25) is 0 Å². The van der Waals surface area contributed by atoms with Crippen LogP contribution in [0.25, 0.3) is 6.08 Å². The van der Waals surface area contributed by atoms with Crippen molar-refractivity contribution in [3.05, 3.63) is 105 Å². The fourth-order valence-corrected chi connectivity index (χ4v) is 3.32. The second-order valence-electron chi connectivity index (χ2n) is 7.22. The summed E-state index contributed by atoms with van der Waals surface area (Å²) in [6.07, 6.45) is 1.35. The van der Waals surface area contributed by atoms with E-state index in [1.165, 1.54) is 30.3 Å². The van der Waals surface area contributed by atoms with Crippen molar-refractivity contribution >= 4 is 46.9 Å². The van der Waals surface area contributed by atoms with Gasteiger partial charge in [0.1, 0.15) is 17.9 Å². The number of nitrogens with zero attached hydrogens (tertiary/aromatic N) is 2. The summed E-state index contributed by atoms with van der Waals surface area (Å²) >= 11 is 5.87. The number of rotatable bonds is 6. The van der Waals surface area contributed by atoms with Crippen molar-refractivity contribution in [3.8, 4) is 5.75 Å². The van der Waals surface area contributed by atoms with E-state index < -0.39 is 22.8 Å². The molecule has 1 heterocycles. The van der Waals surface area contributed by atoms with Gasteiger partial charge in [0.15, 0.2) is 0 Å². The van der Waals surface area contributed by atoms with Crippen LogP contribution in [-0.2, 0) is 16.2 Å². The lowest BCUT2D eigenvalue weighted by molar-refractivity contribution is -0.384. The number of benzene rings is 3. The average molecular weight is 478 g/mol. The number of barbiturate groups is 1. The Hall–Kier alpha value is -4.50. The highest BCUT2D eigenvalue weighted by molar-refractivity contribution is 6.39. The minimum atomic E-state index is -0.938. The topological polar surface area (TPSA) is 119 Å². The van der Waals surface area contributed by atoms with Gasteiger partial charge in [-0.2, -0.15) is 0 Å². The Balaban J connectivity index is 1.51. The molecule has 1 aliphatic heterocycles. The lowest BCUT2D eigenvalue weighted by atomic mass is 10.1. The standard InChI is InChI=1S/C24H16ClN3O6/c25-17-5-1-16(2-6-17)14-34-20-11-3-15(4-12-20)13-21-22(29)26-24(31)27(23(21)30)18-7-9-19(10-8-18)28(32)33/h1-13H,14H2,(H,26,29,31)/b21-13+. The number of ether oxygens (including phenoxy) is 1. The number of amides is 4. The number of carbonyl (C=O) groups is 3. The zero-order chi connectivity index (χ0) is 24.2. The summed E-state index contributed by atoms with van der Waals surface area (Å²) in [6, 6.07) is 17.9. The van der Waals surface area contributed by atoms with Gasteiger partial charge in [-0.05, 0) is 53.6 Å². The van der Waals surface area contributed by atoms with Crippen molar-refractivity contribution in [2.45, 2.75) is 6.61 Å². The molecule has 0 aromatic heterocycles. The van der Waals surface area contributed by atoms with Crippen molar-refractivity contribution in [3.63, 3.8) is 0 Å². The van der Waals surface area contributed by atoms with Gasteiger partial charge < -0.3 is 4.74 Å². The van der Waals surface area contributed by atoms with E-state index >= 15 is 0 Å². The van der Waals surface area contributed by atoms with Crippen LogP contribution < -0.4 is 15.0 Å². The highest BCUT2D eigenvalue weighted by atomic mass is 35.5. The van der Waals surface area contributed by atoms with Gasteiger partial charge in [0.25, 0.3) is 17.5 Å². The van der Waals surface area contributed by atoms with Crippen LogP contribution in [0.15, 0.2) is 78.4 Å². The molecule has 3 aromatic carbocycles. The Kier molecular flexibility index (Phi) is 6.37. The van der Waals surface area contributed by atoms with Gasteiger partial charge >= 0.3 is 6.03 Å². The molecule has 170 valence electrons. The molecule has 1 fully saturated rings. The second kappa shape index (κ2) is 9.55. The van der Waals surface area contributed by atoms with Crippen LogP contribution in [0.1, 0.15) is 11.1 Å². The van der Waals surface area contributed by atoms with Crippen molar-refractivity contribution in [2.75, 3.05) is 4.90 Å². The summed E-state index contributed by atoms with van der Waals surface area (Å²) in [6.45, 7) is 0.338. The average Bonchev–Trinajstić information content (AvgIpc) is 2.82. The molecule has 3 aromatic rings. The summed E-state index contributed by atoms with van der Waals surface area (Å²) in [5.74, 6) is -1.10. The molecule has 4 amide bonds. The van der Waals surface area contributed by atoms with Gasteiger partial charge in [0, 0.05) is 17.2 Å². The maximum Gasteiger partial charge on any atom is 0.335 e. The van der Waals surface area contributed by atoms with Crippen LogP contribution in [0.2, 0.25) is 5.02 Å². The van der Waals surface area contributed by atoms with Crippen LogP contribution in [0.4, 0.5) is 16.2 Å². The minimum absolute atomic E-state index is 0.0949. The number of hydrogen-bond donors (Lipinski definition) is 1. The highest BCUT2D eigenvalue weighted by Crippen LogP contribution is 2.25. The van der Waals surface area contributed by atoms with Gasteiger partial charge in [0.05, 0.1) is 10.6 Å². The molecule has 1 N–H and O–H groups in total. The Morgan fingerprint density at radius 1 is 0.941 bits per heavy atom. The van der Waals surface area contributed by atoms with Crippen molar-refractivity contribution in [2.24, 2.45) is 0 Å². The van der Waals surface area contributed by atoms with Crippen molar-refractivity contribution in [1.82, 2.24) is 5.32 Å². The number of halogens is 1. The fraction of sp³-hybridized carbons (Fsp3) is 0.0417. The number of nitrogens with one attached hydrogen (secondary N) is 1. The zero-order valence-corrected chi connectivity index (χ0v) is 18.2. The quantitative estimate of drug-likeness (QED) is 0.242. The number of non-ortho nitro benzene ring substituents is 1. The number of anilines is 1. The first-order valence-electron chi connectivity index (χ1n) is 9.95. The van der Waals surface area contributed by atoms with Gasteiger partial charge in [-0.15, -0.1) is 0 Å². The largest absolute Gasteiger partial charge is 0.489 e. The molecular weight excluding hydrogens is 462 g/mol. The van der Waals surface area contributed by atoms with Gasteiger partial charge in [-0.3, -0.25) is 25.0 Å². The van der Waals surface area contributed by atoms with Crippen molar-refractivity contribution in [1.29, 1.82) is 0 Å². The predicted octanol–water partition coefficient (Wildman–Crippen LogP) is 4.49. The van der Waals surface area contributed by atoms with E-state index in [0.717, 1.165) is 10.5 Å². The third-order valence-corrected chi connectivity index (χ3v) is 5.18. The third-order valence-electron chi connectivity index (χ3n) is 4.93. The van der Waals surface area contributed by atoms with Crippen LogP contribution in [0.5, 0.6) is 5.75 Å². The van der Waals surface area contributed by atoms with E-state index in [4.69, 9.17) is 16.3 Å². The van der Waals surface area contributed by atoms with Crippen LogP contribution in [-0.4, -0.2) is 22.8 Å². The Labute approximate surface area is 198 Å². The maximum atomic E-state index is 12.9. The first-order chi connectivity index (χ1) is 16.3. The fourth-order valence-electron chi connectivity index (χ4n) is 3.19. The molecule has 1 saturated heterocycles. The predicted molar refractivity (Wildman–Crippen MR) is 124 cm³/mol. The lowest BCUT2D eigenvalue weighted by Gasteiger charge is -2.26. The summed E-state index contributed by atoms with van der Waals surface area (Å²) in [5, 5.41) is 13.6. The Morgan fingerprint density at radius 3 is 2.21 bits per heavy atom. The SMILES string of the molecule is O=C1NC(=O)N(c2ccc([N+](=O)[O-])cc2)C(=O)/C1=C/c1ccc(OCc2ccc(Cl)cc2)cc1. The van der Waals surface area contributed by atoms with E-state index in [2.05, 4.69) is 5.32 Å². The second-order valence-corrected chi connectivity index (χ2v) is 7.65. The summed E-state index contributed by atoms with van der Waals surface area (Å²) in [7, 11) is 0. The first-order valence-corrected chi connectivity index (χ1v) is 10.3. The third kappa shape index (κ3) is 4.94. The number of hydrogen-bond acceptors (Lipinski definition) is 6. The molecule has 0 bridgehead atoms. The first kappa shape index (κ1) is 22.7. The summed E-state index contributed by atoms with van der Waals surface area (Å²) in [5.41, 5.74) is 1.12. The molecule has 0 aliphatic carbocycles. The molecular formula is C24H16ClN3O6. The maximum absolute atomic E-state index is 12.9. The van der Waals surface area contributed by atoms with Gasteiger partial charge in [-0.1, -0.05) is 35.9 Å². The minimum Gasteiger partial charge on any atom is -0.489 e. The van der Waals surface area contributed by atoms with E-state index in [0.29, 0.717) is 22.9 Å². The van der Waals surface area contributed by atoms with Crippen LogP contribution in [0.3, 0.4) is 0 Å². The monoisotopic (exact) mass is 477 g/mol. The number of carbonyl (C=O) groups excluding carboxylic acids is 3. The Morgan fingerprint density at radius 2 is 1.59 bits per heavy atom. The lowest BCUT2D eigenvalue weighted by Crippen LogP contribution is -2.54. The van der Waals surface area contributed by atoms with Crippen LogP contribution in [0, 0.1) is 10.1 Å². The normalized spacial score (nSPS) is 14.8.